The molecule has 1 aromatic heterocycles. The third-order valence-electron chi connectivity index (χ3n) is 3.47. The summed E-state index contributed by atoms with van der Waals surface area (Å²) in [5.74, 6) is 1.51. The number of aromatic nitrogens is 2. The fourth-order valence-electron chi connectivity index (χ4n) is 2.39. The first-order valence-corrected chi connectivity index (χ1v) is 7.09. The van der Waals surface area contributed by atoms with Crippen LogP contribution in [-0.2, 0) is 0 Å². The van der Waals surface area contributed by atoms with Gasteiger partial charge in [0.2, 0.25) is 5.95 Å². The lowest BCUT2D eigenvalue weighted by Crippen LogP contribution is -2.30. The molecule has 0 amide bonds. The zero-order chi connectivity index (χ0) is 13.0. The fraction of sp³-hybridized carbons (Fsp3) is 0.692. The van der Waals surface area contributed by atoms with Gasteiger partial charge in [-0.15, -0.1) is 0 Å². The molecule has 0 aliphatic heterocycles. The van der Waals surface area contributed by atoms with Crippen LogP contribution < -0.4 is 10.2 Å². The number of rotatable bonds is 5. The van der Waals surface area contributed by atoms with Gasteiger partial charge < -0.3 is 10.2 Å². The summed E-state index contributed by atoms with van der Waals surface area (Å²) in [7, 11) is 2.08. The van der Waals surface area contributed by atoms with E-state index >= 15 is 0 Å². The quantitative estimate of drug-likeness (QED) is 0.889. The van der Waals surface area contributed by atoms with Crippen molar-refractivity contribution in [2.45, 2.75) is 45.1 Å². The van der Waals surface area contributed by atoms with Crippen molar-refractivity contribution in [1.82, 2.24) is 9.97 Å². The van der Waals surface area contributed by atoms with E-state index in [2.05, 4.69) is 34.2 Å². The minimum atomic E-state index is 0.566. The standard InChI is InChI=1S/C13H21ClN4/c1-3-8-15-13-16-9-11(14)12(17-13)18(2)10-6-4-5-7-10/h9-10H,3-8H2,1-2H3,(H,15,16,17). The Morgan fingerprint density at radius 2 is 2.17 bits per heavy atom. The molecule has 1 N–H and O–H groups in total. The van der Waals surface area contributed by atoms with Crippen molar-refractivity contribution < 1.29 is 0 Å². The van der Waals surface area contributed by atoms with Crippen molar-refractivity contribution in [2.75, 3.05) is 23.8 Å². The molecule has 0 aromatic carbocycles. The molecular weight excluding hydrogens is 248 g/mol. The number of hydrogen-bond acceptors (Lipinski definition) is 4. The third-order valence-corrected chi connectivity index (χ3v) is 3.73. The van der Waals surface area contributed by atoms with Gasteiger partial charge in [-0.2, -0.15) is 4.98 Å². The van der Waals surface area contributed by atoms with Crippen LogP contribution in [0.3, 0.4) is 0 Å². The number of nitrogens with zero attached hydrogens (tertiary/aromatic N) is 3. The number of nitrogens with one attached hydrogen (secondary N) is 1. The zero-order valence-corrected chi connectivity index (χ0v) is 11.9. The van der Waals surface area contributed by atoms with Crippen LogP contribution in [0.4, 0.5) is 11.8 Å². The highest BCUT2D eigenvalue weighted by Crippen LogP contribution is 2.30. The van der Waals surface area contributed by atoms with Crippen LogP contribution in [0.2, 0.25) is 5.02 Å². The molecule has 4 nitrogen and oxygen atoms in total. The summed E-state index contributed by atoms with van der Waals surface area (Å²) in [5, 5.41) is 3.83. The molecule has 0 spiro atoms. The highest BCUT2D eigenvalue weighted by molar-refractivity contribution is 6.32. The summed E-state index contributed by atoms with van der Waals surface area (Å²) in [4.78, 5) is 10.9. The van der Waals surface area contributed by atoms with Gasteiger partial charge in [0, 0.05) is 19.6 Å². The molecule has 0 radical (unpaired) electrons. The Bertz CT molecular complexity index is 391. The second-order valence-electron chi connectivity index (χ2n) is 4.84. The first-order valence-electron chi connectivity index (χ1n) is 6.71. The Morgan fingerprint density at radius 1 is 1.44 bits per heavy atom. The van der Waals surface area contributed by atoms with E-state index in [1.54, 1.807) is 6.20 Å². The molecular formula is C13H21ClN4. The SMILES string of the molecule is CCCNc1ncc(Cl)c(N(C)C2CCCC2)n1. The van der Waals surface area contributed by atoms with Gasteiger partial charge in [0.15, 0.2) is 5.82 Å². The summed E-state index contributed by atoms with van der Waals surface area (Å²) >= 11 is 6.21. The van der Waals surface area contributed by atoms with Crippen LogP contribution in [0.5, 0.6) is 0 Å². The molecule has 100 valence electrons. The van der Waals surface area contributed by atoms with Crippen LogP contribution in [-0.4, -0.2) is 29.6 Å². The Labute approximate surface area is 114 Å². The molecule has 0 bridgehead atoms. The summed E-state index contributed by atoms with van der Waals surface area (Å²) in [5.41, 5.74) is 0. The van der Waals surface area contributed by atoms with Crippen molar-refractivity contribution in [1.29, 1.82) is 0 Å². The Hall–Kier alpha value is -1.03. The lowest BCUT2D eigenvalue weighted by atomic mass is 10.2. The van der Waals surface area contributed by atoms with E-state index in [-0.39, 0.29) is 0 Å². The first-order chi connectivity index (χ1) is 8.72. The van der Waals surface area contributed by atoms with Gasteiger partial charge in [-0.1, -0.05) is 31.4 Å². The lowest BCUT2D eigenvalue weighted by Gasteiger charge is -2.26. The van der Waals surface area contributed by atoms with E-state index in [0.717, 1.165) is 18.8 Å². The van der Waals surface area contributed by atoms with Crippen LogP contribution in [0.25, 0.3) is 0 Å². The summed E-state index contributed by atoms with van der Waals surface area (Å²) < 4.78 is 0. The third kappa shape index (κ3) is 3.05. The summed E-state index contributed by atoms with van der Waals surface area (Å²) in [6.45, 7) is 3.00. The maximum atomic E-state index is 6.21. The van der Waals surface area contributed by atoms with Gasteiger partial charge in [0.25, 0.3) is 0 Å². The van der Waals surface area contributed by atoms with Gasteiger partial charge >= 0.3 is 0 Å². The van der Waals surface area contributed by atoms with Crippen LogP contribution >= 0.6 is 11.6 Å². The molecule has 1 heterocycles. The van der Waals surface area contributed by atoms with E-state index in [9.17, 15) is 0 Å². The highest BCUT2D eigenvalue weighted by atomic mass is 35.5. The van der Waals surface area contributed by atoms with Crippen molar-refractivity contribution in [3.05, 3.63) is 11.2 Å². The summed E-state index contributed by atoms with van der Waals surface area (Å²) in [6, 6.07) is 0.566. The lowest BCUT2D eigenvalue weighted by molar-refractivity contribution is 0.646. The Kier molecular flexibility index (Phi) is 4.64. The Morgan fingerprint density at radius 3 is 2.83 bits per heavy atom. The predicted octanol–water partition coefficient (Wildman–Crippen LogP) is 3.33. The monoisotopic (exact) mass is 268 g/mol. The van der Waals surface area contributed by atoms with Gasteiger partial charge in [-0.25, -0.2) is 4.98 Å². The normalized spacial score (nSPS) is 15.9. The smallest absolute Gasteiger partial charge is 0.224 e. The molecule has 0 unspecified atom stereocenters. The molecule has 18 heavy (non-hydrogen) atoms. The van der Waals surface area contributed by atoms with Crippen LogP contribution in [0.15, 0.2) is 6.20 Å². The fourth-order valence-corrected chi connectivity index (χ4v) is 2.62. The van der Waals surface area contributed by atoms with E-state index in [4.69, 9.17) is 11.6 Å². The molecule has 2 rings (SSSR count). The molecule has 1 aromatic rings. The molecule has 1 aliphatic rings. The largest absolute Gasteiger partial charge is 0.355 e. The number of halogens is 1. The zero-order valence-electron chi connectivity index (χ0n) is 11.1. The second kappa shape index (κ2) is 6.23. The second-order valence-corrected chi connectivity index (χ2v) is 5.25. The average molecular weight is 269 g/mol. The molecule has 0 atom stereocenters. The van der Waals surface area contributed by atoms with Gasteiger partial charge in [-0.3, -0.25) is 0 Å². The average Bonchev–Trinajstić information content (AvgIpc) is 2.91. The van der Waals surface area contributed by atoms with Crippen molar-refractivity contribution >= 4 is 23.4 Å². The molecule has 5 heteroatoms. The predicted molar refractivity (Wildman–Crippen MR) is 76.5 cm³/mol. The van der Waals surface area contributed by atoms with E-state index in [1.807, 2.05) is 0 Å². The maximum Gasteiger partial charge on any atom is 0.224 e. The first kappa shape index (κ1) is 13.4. The Balaban J connectivity index is 2.14. The maximum absolute atomic E-state index is 6.21. The highest BCUT2D eigenvalue weighted by Gasteiger charge is 2.22. The van der Waals surface area contributed by atoms with Gasteiger partial charge in [0.1, 0.15) is 5.02 Å². The topological polar surface area (TPSA) is 41.1 Å². The molecule has 1 saturated carbocycles. The van der Waals surface area contributed by atoms with E-state index in [0.29, 0.717) is 17.0 Å². The minimum Gasteiger partial charge on any atom is -0.355 e. The van der Waals surface area contributed by atoms with Gasteiger partial charge in [-0.05, 0) is 19.3 Å². The summed E-state index contributed by atoms with van der Waals surface area (Å²) in [6.07, 6.45) is 7.81. The molecule has 1 aliphatic carbocycles. The van der Waals surface area contributed by atoms with E-state index < -0.39 is 0 Å². The minimum absolute atomic E-state index is 0.566. The van der Waals surface area contributed by atoms with Crippen molar-refractivity contribution in [3.8, 4) is 0 Å². The van der Waals surface area contributed by atoms with Gasteiger partial charge in [0.05, 0.1) is 6.20 Å². The van der Waals surface area contributed by atoms with Crippen LogP contribution in [0, 0.1) is 0 Å². The van der Waals surface area contributed by atoms with Crippen molar-refractivity contribution in [3.63, 3.8) is 0 Å². The van der Waals surface area contributed by atoms with E-state index in [1.165, 1.54) is 25.7 Å². The molecule has 1 fully saturated rings. The van der Waals surface area contributed by atoms with Crippen LogP contribution in [0.1, 0.15) is 39.0 Å². The molecule has 0 saturated heterocycles. The van der Waals surface area contributed by atoms with Crippen molar-refractivity contribution in [2.24, 2.45) is 0 Å². The number of hydrogen-bond donors (Lipinski definition) is 1. The number of anilines is 2.